The first-order chi connectivity index (χ1) is 8.18. The smallest absolute Gasteiger partial charge is 0.167 e. The second-order valence-electron chi connectivity index (χ2n) is 5.14. The molecule has 2 N–H and O–H groups in total. The number of carbonyl (C=O) groups is 1. The summed E-state index contributed by atoms with van der Waals surface area (Å²) in [6.07, 6.45) is 5.45. The van der Waals surface area contributed by atoms with Crippen LogP contribution in [0.1, 0.15) is 48.0 Å². The molecule has 2 rings (SSSR count). The molecule has 17 heavy (non-hydrogen) atoms. The lowest BCUT2D eigenvalue weighted by Crippen LogP contribution is -2.34. The number of hydrogen-bond donors (Lipinski definition) is 1. The van der Waals surface area contributed by atoms with E-state index in [0.717, 1.165) is 30.4 Å². The predicted molar refractivity (Wildman–Crippen MR) is 70.1 cm³/mol. The van der Waals surface area contributed by atoms with Crippen molar-refractivity contribution < 1.29 is 4.79 Å². The monoisotopic (exact) mass is 231 g/mol. The third-order valence-electron chi connectivity index (χ3n) is 3.71. The van der Waals surface area contributed by atoms with Crippen LogP contribution in [-0.4, -0.2) is 11.8 Å². The number of benzene rings is 1. The molecule has 1 aliphatic rings. The standard InChI is InChI=1S/C15H21NO/c1-11-6-5-7-12(10-11)15(17)13-8-3-2-4-9-14(13)16/h5-7,10,13-14H,2-4,8-9,16H2,1H3. The number of Topliss-reactive ketones (excluding diaryl/α,β-unsaturated/α-hetero) is 1. The van der Waals surface area contributed by atoms with Crippen LogP contribution in [0.3, 0.4) is 0 Å². The van der Waals surface area contributed by atoms with Crippen molar-refractivity contribution in [2.45, 2.75) is 45.1 Å². The topological polar surface area (TPSA) is 43.1 Å². The summed E-state index contributed by atoms with van der Waals surface area (Å²) in [5, 5.41) is 0. The maximum absolute atomic E-state index is 12.4. The fraction of sp³-hybridized carbons (Fsp3) is 0.533. The normalized spacial score (nSPS) is 25.3. The molecule has 0 heterocycles. The van der Waals surface area contributed by atoms with E-state index in [-0.39, 0.29) is 17.7 Å². The summed E-state index contributed by atoms with van der Waals surface area (Å²) < 4.78 is 0. The van der Waals surface area contributed by atoms with Crippen molar-refractivity contribution in [2.75, 3.05) is 0 Å². The lowest BCUT2D eigenvalue weighted by molar-refractivity contribution is 0.0894. The molecule has 92 valence electrons. The van der Waals surface area contributed by atoms with Crippen LogP contribution in [0.15, 0.2) is 24.3 Å². The van der Waals surface area contributed by atoms with Crippen LogP contribution >= 0.6 is 0 Å². The van der Waals surface area contributed by atoms with Crippen molar-refractivity contribution >= 4 is 5.78 Å². The van der Waals surface area contributed by atoms with Crippen molar-refractivity contribution in [2.24, 2.45) is 11.7 Å². The van der Waals surface area contributed by atoms with E-state index in [9.17, 15) is 4.79 Å². The summed E-state index contributed by atoms with van der Waals surface area (Å²) in [5.41, 5.74) is 8.10. The first-order valence-corrected chi connectivity index (χ1v) is 6.55. The number of rotatable bonds is 2. The molecule has 2 heteroatoms. The van der Waals surface area contributed by atoms with Gasteiger partial charge in [-0.1, -0.05) is 43.0 Å². The Bertz CT molecular complexity index is 400. The van der Waals surface area contributed by atoms with E-state index < -0.39 is 0 Å². The fourth-order valence-electron chi connectivity index (χ4n) is 2.67. The molecule has 0 spiro atoms. The van der Waals surface area contributed by atoms with Gasteiger partial charge in [0.15, 0.2) is 5.78 Å². The highest BCUT2D eigenvalue weighted by Gasteiger charge is 2.27. The van der Waals surface area contributed by atoms with Crippen LogP contribution in [0.4, 0.5) is 0 Å². The molecule has 1 fully saturated rings. The third kappa shape index (κ3) is 2.95. The van der Waals surface area contributed by atoms with Gasteiger partial charge in [-0.05, 0) is 25.8 Å². The average Bonchev–Trinajstić information content (AvgIpc) is 2.53. The SMILES string of the molecule is Cc1cccc(C(=O)C2CCCCCC2N)c1. The first kappa shape index (κ1) is 12.3. The summed E-state index contributed by atoms with van der Waals surface area (Å²) in [5.74, 6) is 0.266. The van der Waals surface area contributed by atoms with E-state index in [4.69, 9.17) is 5.73 Å². The van der Waals surface area contributed by atoms with E-state index >= 15 is 0 Å². The molecule has 1 aromatic rings. The highest BCUT2D eigenvalue weighted by atomic mass is 16.1. The number of ketones is 1. The van der Waals surface area contributed by atoms with Gasteiger partial charge in [0.25, 0.3) is 0 Å². The maximum atomic E-state index is 12.4. The Labute approximate surface area is 103 Å². The summed E-state index contributed by atoms with van der Waals surface area (Å²) in [6, 6.07) is 7.90. The Hall–Kier alpha value is -1.15. The van der Waals surface area contributed by atoms with Crippen LogP contribution in [0, 0.1) is 12.8 Å². The molecule has 1 aliphatic carbocycles. The van der Waals surface area contributed by atoms with Gasteiger partial charge in [0.05, 0.1) is 0 Å². The van der Waals surface area contributed by atoms with Crippen molar-refractivity contribution in [1.29, 1.82) is 0 Å². The number of carbonyl (C=O) groups excluding carboxylic acids is 1. The molecular weight excluding hydrogens is 210 g/mol. The van der Waals surface area contributed by atoms with Gasteiger partial charge in [-0.2, -0.15) is 0 Å². The largest absolute Gasteiger partial charge is 0.327 e. The van der Waals surface area contributed by atoms with Crippen LogP contribution in [0.2, 0.25) is 0 Å². The van der Waals surface area contributed by atoms with Gasteiger partial charge in [-0.3, -0.25) is 4.79 Å². The van der Waals surface area contributed by atoms with Crippen molar-refractivity contribution in [3.8, 4) is 0 Å². The average molecular weight is 231 g/mol. The summed E-state index contributed by atoms with van der Waals surface area (Å²) in [7, 11) is 0. The second-order valence-corrected chi connectivity index (χ2v) is 5.14. The molecule has 0 aliphatic heterocycles. The van der Waals surface area contributed by atoms with Crippen LogP contribution < -0.4 is 5.73 Å². The van der Waals surface area contributed by atoms with E-state index in [1.54, 1.807) is 0 Å². The molecular formula is C15H21NO. The summed E-state index contributed by atoms with van der Waals surface area (Å²) >= 11 is 0. The molecule has 1 saturated carbocycles. The lowest BCUT2D eigenvalue weighted by atomic mass is 9.87. The first-order valence-electron chi connectivity index (χ1n) is 6.55. The van der Waals surface area contributed by atoms with Crippen LogP contribution in [0.5, 0.6) is 0 Å². The molecule has 0 saturated heterocycles. The Morgan fingerprint density at radius 1 is 1.24 bits per heavy atom. The van der Waals surface area contributed by atoms with E-state index in [1.807, 2.05) is 31.2 Å². The molecule has 2 atom stereocenters. The molecule has 1 aromatic carbocycles. The van der Waals surface area contributed by atoms with Crippen molar-refractivity contribution in [3.05, 3.63) is 35.4 Å². The number of hydrogen-bond acceptors (Lipinski definition) is 2. The van der Waals surface area contributed by atoms with Gasteiger partial charge in [0.2, 0.25) is 0 Å². The van der Waals surface area contributed by atoms with Gasteiger partial charge < -0.3 is 5.73 Å². The van der Waals surface area contributed by atoms with Crippen molar-refractivity contribution in [3.63, 3.8) is 0 Å². The van der Waals surface area contributed by atoms with Gasteiger partial charge in [0.1, 0.15) is 0 Å². The summed E-state index contributed by atoms with van der Waals surface area (Å²) in [4.78, 5) is 12.4. The van der Waals surface area contributed by atoms with Gasteiger partial charge >= 0.3 is 0 Å². The zero-order valence-corrected chi connectivity index (χ0v) is 10.5. The molecule has 0 amide bonds. The Morgan fingerprint density at radius 2 is 2.00 bits per heavy atom. The minimum absolute atomic E-state index is 0.0271. The quantitative estimate of drug-likeness (QED) is 0.628. The van der Waals surface area contributed by atoms with Crippen molar-refractivity contribution in [1.82, 2.24) is 0 Å². The Balaban J connectivity index is 2.18. The lowest BCUT2D eigenvalue weighted by Gasteiger charge is -2.20. The third-order valence-corrected chi connectivity index (χ3v) is 3.71. The minimum Gasteiger partial charge on any atom is -0.327 e. The molecule has 0 aromatic heterocycles. The fourth-order valence-corrected chi connectivity index (χ4v) is 2.67. The van der Waals surface area contributed by atoms with E-state index in [2.05, 4.69) is 0 Å². The van der Waals surface area contributed by atoms with Crippen LogP contribution in [0.25, 0.3) is 0 Å². The van der Waals surface area contributed by atoms with E-state index in [1.165, 1.54) is 12.8 Å². The molecule has 0 bridgehead atoms. The number of nitrogens with two attached hydrogens (primary N) is 1. The molecule has 0 radical (unpaired) electrons. The minimum atomic E-state index is 0.0271. The summed E-state index contributed by atoms with van der Waals surface area (Å²) in [6.45, 7) is 2.02. The zero-order valence-electron chi connectivity index (χ0n) is 10.5. The molecule has 2 nitrogen and oxygen atoms in total. The zero-order chi connectivity index (χ0) is 12.3. The highest BCUT2D eigenvalue weighted by Crippen LogP contribution is 2.25. The van der Waals surface area contributed by atoms with Gasteiger partial charge in [0, 0.05) is 17.5 Å². The second kappa shape index (κ2) is 5.46. The van der Waals surface area contributed by atoms with Gasteiger partial charge in [-0.15, -0.1) is 0 Å². The van der Waals surface area contributed by atoms with Gasteiger partial charge in [-0.25, -0.2) is 0 Å². The predicted octanol–water partition coefficient (Wildman–Crippen LogP) is 3.09. The van der Waals surface area contributed by atoms with E-state index in [0.29, 0.717) is 0 Å². The Kier molecular flexibility index (Phi) is 3.95. The number of aryl methyl sites for hydroxylation is 1. The maximum Gasteiger partial charge on any atom is 0.167 e. The Morgan fingerprint density at radius 3 is 2.76 bits per heavy atom. The van der Waals surface area contributed by atoms with Crippen LogP contribution in [-0.2, 0) is 0 Å². The molecule has 2 unspecified atom stereocenters. The highest BCUT2D eigenvalue weighted by molar-refractivity contribution is 5.98.